The van der Waals surface area contributed by atoms with E-state index in [0.29, 0.717) is 0 Å². The minimum atomic E-state index is 0.852. The molecule has 0 fully saturated rings. The quantitative estimate of drug-likeness (QED) is 0.591. The van der Waals surface area contributed by atoms with Gasteiger partial charge in [0, 0.05) is 10.5 Å². The molecule has 0 saturated carbocycles. The van der Waals surface area contributed by atoms with Gasteiger partial charge < -0.3 is 0 Å². The Morgan fingerprint density at radius 3 is 1.80 bits per heavy atom. The molecular weight excluding hydrogens is 140 g/mol. The molecule has 62 valence electrons. The topological polar surface area (TPSA) is 0 Å². The van der Waals surface area contributed by atoms with E-state index in [0.717, 1.165) is 10.5 Å². The Hall–Kier alpha value is 0.350. The number of rotatable bonds is 5. The van der Waals surface area contributed by atoms with Crippen molar-refractivity contribution in [3.63, 3.8) is 0 Å². The Morgan fingerprint density at radius 1 is 1.00 bits per heavy atom. The number of thioether (sulfide) groups is 1. The molecule has 0 aromatic rings. The van der Waals surface area contributed by atoms with Crippen LogP contribution in [0.5, 0.6) is 0 Å². The van der Waals surface area contributed by atoms with E-state index in [-0.39, 0.29) is 0 Å². The fourth-order valence-corrected chi connectivity index (χ4v) is 2.14. The van der Waals surface area contributed by atoms with Gasteiger partial charge in [-0.05, 0) is 19.3 Å². The molecule has 0 aromatic carbocycles. The third kappa shape index (κ3) is 4.21. The highest BCUT2D eigenvalue weighted by molar-refractivity contribution is 8.00. The molecule has 0 heterocycles. The molecule has 1 heteroatoms. The van der Waals surface area contributed by atoms with Gasteiger partial charge in [0.1, 0.15) is 0 Å². The molecule has 0 N–H and O–H groups in total. The molecule has 0 aliphatic carbocycles. The lowest BCUT2D eigenvalue weighted by Crippen LogP contribution is -2.04. The van der Waals surface area contributed by atoms with Gasteiger partial charge in [-0.2, -0.15) is 11.8 Å². The summed E-state index contributed by atoms with van der Waals surface area (Å²) in [7, 11) is 0. The third-order valence-corrected chi connectivity index (χ3v) is 3.76. The maximum atomic E-state index is 2.32. The Morgan fingerprint density at radius 2 is 1.50 bits per heavy atom. The van der Waals surface area contributed by atoms with Crippen LogP contribution in [0.25, 0.3) is 0 Å². The molecule has 1 unspecified atom stereocenters. The van der Waals surface area contributed by atoms with E-state index in [1.165, 1.54) is 19.3 Å². The summed E-state index contributed by atoms with van der Waals surface area (Å²) < 4.78 is 0. The first-order valence-electron chi connectivity index (χ1n) is 4.39. The fourth-order valence-electron chi connectivity index (χ4n) is 0.906. The Labute approximate surface area is 69.8 Å². The lowest BCUT2D eigenvalue weighted by atomic mass is 10.3. The zero-order valence-electron chi connectivity index (χ0n) is 7.68. The SMILES string of the molecule is CCC(C)SC(CC)CC. The molecule has 0 rings (SSSR count). The average molecular weight is 160 g/mol. The van der Waals surface area contributed by atoms with Gasteiger partial charge in [0.2, 0.25) is 0 Å². The van der Waals surface area contributed by atoms with E-state index in [1.54, 1.807) is 0 Å². The number of hydrogen-bond acceptors (Lipinski definition) is 1. The van der Waals surface area contributed by atoms with Crippen molar-refractivity contribution in [3.05, 3.63) is 0 Å². The second-order valence-electron chi connectivity index (χ2n) is 2.79. The van der Waals surface area contributed by atoms with Gasteiger partial charge in [0.05, 0.1) is 0 Å². The Bertz CT molecular complexity index is 67.1. The smallest absolute Gasteiger partial charge is 0.00444 e. The molecule has 0 amide bonds. The first-order chi connectivity index (χ1) is 4.74. The highest BCUT2D eigenvalue weighted by Crippen LogP contribution is 2.24. The van der Waals surface area contributed by atoms with Crippen molar-refractivity contribution < 1.29 is 0 Å². The monoisotopic (exact) mass is 160 g/mol. The summed E-state index contributed by atoms with van der Waals surface area (Å²) in [5, 5.41) is 1.75. The fraction of sp³-hybridized carbons (Fsp3) is 1.00. The van der Waals surface area contributed by atoms with Crippen molar-refractivity contribution >= 4 is 11.8 Å². The largest absolute Gasteiger partial charge is 0.155 e. The van der Waals surface area contributed by atoms with Crippen LogP contribution in [-0.2, 0) is 0 Å². The molecule has 0 bridgehead atoms. The van der Waals surface area contributed by atoms with Crippen LogP contribution >= 0.6 is 11.8 Å². The van der Waals surface area contributed by atoms with E-state index in [4.69, 9.17) is 0 Å². The van der Waals surface area contributed by atoms with Crippen molar-refractivity contribution in [2.45, 2.75) is 57.5 Å². The van der Waals surface area contributed by atoms with Crippen molar-refractivity contribution in [1.82, 2.24) is 0 Å². The van der Waals surface area contributed by atoms with Crippen molar-refractivity contribution in [3.8, 4) is 0 Å². The highest BCUT2D eigenvalue weighted by Gasteiger charge is 2.07. The first kappa shape index (κ1) is 10.3. The van der Waals surface area contributed by atoms with Gasteiger partial charge in [-0.15, -0.1) is 0 Å². The summed E-state index contributed by atoms with van der Waals surface area (Å²) in [5.74, 6) is 0. The van der Waals surface area contributed by atoms with Crippen LogP contribution in [0.15, 0.2) is 0 Å². The van der Waals surface area contributed by atoms with Crippen LogP contribution in [0.4, 0.5) is 0 Å². The van der Waals surface area contributed by atoms with Gasteiger partial charge in [0.15, 0.2) is 0 Å². The Kier molecular flexibility index (Phi) is 6.30. The number of hydrogen-bond donors (Lipinski definition) is 0. The molecule has 0 saturated heterocycles. The standard InChI is InChI=1S/C9H20S/c1-5-8(4)10-9(6-2)7-3/h8-9H,5-7H2,1-4H3. The second kappa shape index (κ2) is 6.09. The van der Waals surface area contributed by atoms with Crippen LogP contribution in [0, 0.1) is 0 Å². The summed E-state index contributed by atoms with van der Waals surface area (Å²) in [5.41, 5.74) is 0. The summed E-state index contributed by atoms with van der Waals surface area (Å²) in [6.45, 7) is 9.15. The zero-order chi connectivity index (χ0) is 7.98. The molecule has 0 nitrogen and oxygen atoms in total. The molecular formula is C9H20S. The maximum absolute atomic E-state index is 2.32. The van der Waals surface area contributed by atoms with E-state index in [9.17, 15) is 0 Å². The lowest BCUT2D eigenvalue weighted by molar-refractivity contribution is 0.779. The van der Waals surface area contributed by atoms with E-state index < -0.39 is 0 Å². The van der Waals surface area contributed by atoms with Gasteiger partial charge in [-0.3, -0.25) is 0 Å². The molecule has 0 aliphatic heterocycles. The van der Waals surface area contributed by atoms with Crippen molar-refractivity contribution in [2.75, 3.05) is 0 Å². The predicted molar refractivity (Wildman–Crippen MR) is 51.7 cm³/mol. The minimum Gasteiger partial charge on any atom is -0.155 e. The predicted octanol–water partition coefficient (Wildman–Crippen LogP) is 3.71. The van der Waals surface area contributed by atoms with E-state index >= 15 is 0 Å². The second-order valence-corrected chi connectivity index (χ2v) is 4.54. The van der Waals surface area contributed by atoms with Crippen molar-refractivity contribution in [2.24, 2.45) is 0 Å². The normalized spacial score (nSPS) is 14.1. The van der Waals surface area contributed by atoms with Gasteiger partial charge >= 0.3 is 0 Å². The van der Waals surface area contributed by atoms with Gasteiger partial charge in [-0.25, -0.2) is 0 Å². The molecule has 0 spiro atoms. The lowest BCUT2D eigenvalue weighted by Gasteiger charge is -2.16. The zero-order valence-corrected chi connectivity index (χ0v) is 8.50. The molecule has 1 atom stereocenters. The van der Waals surface area contributed by atoms with Crippen LogP contribution < -0.4 is 0 Å². The molecule has 0 aliphatic rings. The minimum absolute atomic E-state index is 0.852. The summed E-state index contributed by atoms with van der Waals surface area (Å²) in [6.07, 6.45) is 3.96. The van der Waals surface area contributed by atoms with E-state index in [1.807, 2.05) is 0 Å². The van der Waals surface area contributed by atoms with Crippen LogP contribution in [-0.4, -0.2) is 10.5 Å². The van der Waals surface area contributed by atoms with Gasteiger partial charge in [-0.1, -0.05) is 27.7 Å². The van der Waals surface area contributed by atoms with Crippen LogP contribution in [0.2, 0.25) is 0 Å². The maximum Gasteiger partial charge on any atom is 0.00444 e. The highest BCUT2D eigenvalue weighted by atomic mass is 32.2. The average Bonchev–Trinajstić information content (AvgIpc) is 1.99. The molecule has 0 aromatic heterocycles. The molecule has 0 radical (unpaired) electrons. The van der Waals surface area contributed by atoms with Crippen molar-refractivity contribution in [1.29, 1.82) is 0 Å². The summed E-state index contributed by atoms with van der Waals surface area (Å²) in [6, 6.07) is 0. The molecule has 10 heavy (non-hydrogen) atoms. The summed E-state index contributed by atoms with van der Waals surface area (Å²) >= 11 is 2.14. The first-order valence-corrected chi connectivity index (χ1v) is 5.34. The third-order valence-electron chi connectivity index (χ3n) is 1.91. The van der Waals surface area contributed by atoms with Gasteiger partial charge in [0.25, 0.3) is 0 Å². The van der Waals surface area contributed by atoms with E-state index in [2.05, 4.69) is 39.5 Å². The summed E-state index contributed by atoms with van der Waals surface area (Å²) in [4.78, 5) is 0. The van der Waals surface area contributed by atoms with Crippen LogP contribution in [0.1, 0.15) is 47.0 Å². The Balaban J connectivity index is 3.41. The van der Waals surface area contributed by atoms with Crippen LogP contribution in [0.3, 0.4) is 0 Å².